The molecule has 4 nitrogen and oxygen atoms in total. The summed E-state index contributed by atoms with van der Waals surface area (Å²) in [7, 11) is 0. The van der Waals surface area contributed by atoms with Crippen molar-refractivity contribution in [1.82, 2.24) is 4.98 Å². The van der Waals surface area contributed by atoms with E-state index >= 15 is 0 Å². The third-order valence-electron chi connectivity index (χ3n) is 8.31. The normalized spacial score (nSPS) is 12.2. The molecule has 0 fully saturated rings. The molecule has 1 N–H and O–H groups in total. The summed E-state index contributed by atoms with van der Waals surface area (Å²) in [5, 5.41) is 10.7. The van der Waals surface area contributed by atoms with Crippen molar-refractivity contribution in [2.75, 3.05) is 0 Å². The van der Waals surface area contributed by atoms with E-state index in [1.165, 1.54) is 27.8 Å². The van der Waals surface area contributed by atoms with Crippen LogP contribution in [-0.4, -0.2) is 22.2 Å². The molecule has 1 heterocycles. The molecule has 0 aliphatic carbocycles. The number of rotatable bonds is 12. The lowest BCUT2D eigenvalue weighted by Crippen LogP contribution is -2.26. The van der Waals surface area contributed by atoms with Crippen molar-refractivity contribution in [1.29, 1.82) is 0 Å². The van der Waals surface area contributed by atoms with Crippen molar-refractivity contribution < 1.29 is 14.6 Å². The second-order valence-corrected chi connectivity index (χ2v) is 10.4. The molecule has 0 amide bonds. The Morgan fingerprint density at radius 3 is 1.97 bits per heavy atom. The van der Waals surface area contributed by atoms with E-state index in [-0.39, 0.29) is 12.0 Å². The van der Waals surface area contributed by atoms with Crippen LogP contribution in [0.5, 0.6) is 0 Å². The third-order valence-corrected chi connectivity index (χ3v) is 8.31. The van der Waals surface area contributed by atoms with Gasteiger partial charge in [-0.05, 0) is 85.9 Å². The van der Waals surface area contributed by atoms with E-state index in [9.17, 15) is 9.90 Å². The van der Waals surface area contributed by atoms with Gasteiger partial charge < -0.3 is 9.84 Å². The van der Waals surface area contributed by atoms with Gasteiger partial charge in [0, 0.05) is 22.7 Å². The average molecular weight is 514 g/mol. The second-order valence-electron chi connectivity index (χ2n) is 10.4. The van der Waals surface area contributed by atoms with Crippen molar-refractivity contribution >= 4 is 12.5 Å². The van der Waals surface area contributed by atoms with Crippen molar-refractivity contribution in [3.8, 4) is 11.3 Å². The van der Waals surface area contributed by atoms with E-state index < -0.39 is 5.60 Å². The zero-order valence-electron chi connectivity index (χ0n) is 24.1. The molecule has 2 aromatic carbocycles. The Hall–Kier alpha value is -3.24. The molecule has 1 aromatic heterocycles. The van der Waals surface area contributed by atoms with Gasteiger partial charge in [-0.1, -0.05) is 76.2 Å². The summed E-state index contributed by atoms with van der Waals surface area (Å²) in [6.07, 6.45) is 9.18. The van der Waals surface area contributed by atoms with Crippen LogP contribution < -0.4 is 0 Å². The summed E-state index contributed by atoms with van der Waals surface area (Å²) in [5.41, 5.74) is 9.49. The summed E-state index contributed by atoms with van der Waals surface area (Å²) in [6.45, 7) is 15.8. The largest absolute Gasteiger partial charge is 0.463 e. The number of aromatic nitrogens is 1. The van der Waals surface area contributed by atoms with Gasteiger partial charge in [0.1, 0.15) is 6.61 Å². The standard InChI is InChI=1S/C34H43NO3/c1-8-33(37,9-2)17-16-28-13-14-29(18-24(28)5)34(10-3,11-4)30-19-25(6)32(26(7)20-30)31-15-12-27(21-35-31)22-38-23-36/h12-21,23,37H,8-11,22H2,1-7H3. The average Bonchev–Trinajstić information content (AvgIpc) is 2.92. The molecular formula is C34H43NO3. The minimum absolute atomic E-state index is 0.0991. The number of carbonyl (C=O) groups excluding carboxylic acids is 1. The minimum atomic E-state index is -0.753. The Labute approximate surface area is 228 Å². The van der Waals surface area contributed by atoms with Crippen LogP contribution in [0.4, 0.5) is 0 Å². The molecular weight excluding hydrogens is 470 g/mol. The molecule has 3 aromatic rings. The van der Waals surface area contributed by atoms with Gasteiger partial charge in [-0.15, -0.1) is 0 Å². The monoisotopic (exact) mass is 513 g/mol. The van der Waals surface area contributed by atoms with Gasteiger partial charge in [0.15, 0.2) is 0 Å². The van der Waals surface area contributed by atoms with Gasteiger partial charge in [0.05, 0.1) is 11.3 Å². The highest BCUT2D eigenvalue weighted by molar-refractivity contribution is 5.69. The van der Waals surface area contributed by atoms with Crippen LogP contribution in [-0.2, 0) is 21.6 Å². The zero-order chi connectivity index (χ0) is 27.9. The van der Waals surface area contributed by atoms with Crippen LogP contribution in [0, 0.1) is 20.8 Å². The predicted molar refractivity (Wildman–Crippen MR) is 157 cm³/mol. The van der Waals surface area contributed by atoms with Gasteiger partial charge in [-0.3, -0.25) is 9.78 Å². The lowest BCUT2D eigenvalue weighted by molar-refractivity contribution is -0.129. The van der Waals surface area contributed by atoms with Gasteiger partial charge in [0.2, 0.25) is 0 Å². The van der Waals surface area contributed by atoms with Crippen LogP contribution in [0.2, 0.25) is 0 Å². The highest BCUT2D eigenvalue weighted by Gasteiger charge is 2.32. The van der Waals surface area contributed by atoms with Crippen molar-refractivity contribution in [2.24, 2.45) is 0 Å². The number of ether oxygens (including phenoxy) is 1. The van der Waals surface area contributed by atoms with E-state index in [0.717, 1.165) is 35.2 Å². The minimum Gasteiger partial charge on any atom is -0.463 e. The fourth-order valence-corrected chi connectivity index (χ4v) is 5.56. The lowest BCUT2D eigenvalue weighted by Gasteiger charge is -2.35. The number of hydrogen-bond acceptors (Lipinski definition) is 4. The number of aliphatic hydroxyl groups is 1. The molecule has 4 heteroatoms. The topological polar surface area (TPSA) is 59.4 Å². The molecule has 3 rings (SSSR count). The van der Waals surface area contributed by atoms with Crippen molar-refractivity contribution in [3.63, 3.8) is 0 Å². The zero-order valence-corrected chi connectivity index (χ0v) is 24.1. The smallest absolute Gasteiger partial charge is 0.293 e. The van der Waals surface area contributed by atoms with Gasteiger partial charge in [-0.2, -0.15) is 0 Å². The Morgan fingerprint density at radius 2 is 1.47 bits per heavy atom. The second kappa shape index (κ2) is 12.5. The number of benzene rings is 2. The molecule has 0 bridgehead atoms. The van der Waals surface area contributed by atoms with Crippen LogP contribution in [0.15, 0.2) is 54.7 Å². The SMILES string of the molecule is CCC(O)(C=Cc1ccc(C(CC)(CC)c2cc(C)c(-c3ccc(COC=O)cn3)c(C)c2)cc1C)CC. The van der Waals surface area contributed by atoms with Crippen LogP contribution in [0.3, 0.4) is 0 Å². The Morgan fingerprint density at radius 1 is 0.842 bits per heavy atom. The molecule has 0 saturated carbocycles. The summed E-state index contributed by atoms with van der Waals surface area (Å²) in [5.74, 6) is 0. The number of carbonyl (C=O) groups is 1. The molecule has 0 unspecified atom stereocenters. The first-order valence-corrected chi connectivity index (χ1v) is 13.8. The van der Waals surface area contributed by atoms with Crippen molar-refractivity contribution in [3.05, 3.63) is 93.7 Å². The van der Waals surface area contributed by atoms with Gasteiger partial charge >= 0.3 is 0 Å². The first kappa shape index (κ1) is 29.3. The number of hydrogen-bond donors (Lipinski definition) is 1. The number of nitrogens with zero attached hydrogens (tertiary/aromatic N) is 1. The fourth-order valence-electron chi connectivity index (χ4n) is 5.56. The fraction of sp³-hybridized carbons (Fsp3) is 0.412. The number of pyridine rings is 1. The summed E-state index contributed by atoms with van der Waals surface area (Å²) < 4.78 is 4.85. The molecule has 0 saturated heterocycles. The maximum Gasteiger partial charge on any atom is 0.293 e. The Balaban J connectivity index is 2.01. The maximum absolute atomic E-state index is 10.7. The van der Waals surface area contributed by atoms with Crippen molar-refractivity contribution in [2.45, 2.75) is 91.8 Å². The van der Waals surface area contributed by atoms with Gasteiger partial charge in [-0.25, -0.2) is 0 Å². The first-order valence-electron chi connectivity index (χ1n) is 13.8. The highest BCUT2D eigenvalue weighted by atomic mass is 16.5. The van der Waals surface area contributed by atoms with E-state index in [4.69, 9.17) is 4.74 Å². The Bertz CT molecular complexity index is 1240. The summed E-state index contributed by atoms with van der Waals surface area (Å²) in [6, 6.07) is 15.4. The molecule has 0 atom stereocenters. The van der Waals surface area contributed by atoms with E-state index in [2.05, 4.69) is 76.0 Å². The Kier molecular flexibility index (Phi) is 9.67. The summed E-state index contributed by atoms with van der Waals surface area (Å²) >= 11 is 0. The van der Waals surface area contributed by atoms with Crippen LogP contribution >= 0.6 is 0 Å². The first-order chi connectivity index (χ1) is 18.2. The van der Waals surface area contributed by atoms with Gasteiger partial charge in [0.25, 0.3) is 6.47 Å². The van der Waals surface area contributed by atoms with Crippen LogP contribution in [0.1, 0.15) is 92.3 Å². The van der Waals surface area contributed by atoms with Crippen LogP contribution in [0.25, 0.3) is 17.3 Å². The molecule has 0 spiro atoms. The summed E-state index contributed by atoms with van der Waals surface area (Å²) in [4.78, 5) is 15.2. The lowest BCUT2D eigenvalue weighted by atomic mass is 9.69. The van der Waals surface area contributed by atoms with E-state index in [0.29, 0.717) is 19.3 Å². The van der Waals surface area contributed by atoms with E-state index in [1.807, 2.05) is 32.1 Å². The highest BCUT2D eigenvalue weighted by Crippen LogP contribution is 2.42. The molecule has 38 heavy (non-hydrogen) atoms. The molecule has 202 valence electrons. The third kappa shape index (κ3) is 6.07. The molecule has 0 aliphatic rings. The molecule has 0 aliphatic heterocycles. The number of aryl methyl sites for hydroxylation is 3. The van der Waals surface area contributed by atoms with E-state index in [1.54, 1.807) is 6.20 Å². The maximum atomic E-state index is 10.7. The molecule has 0 radical (unpaired) electrons. The predicted octanol–water partition coefficient (Wildman–Crippen LogP) is 8.02. The quantitative estimate of drug-likeness (QED) is 0.249.